The van der Waals surface area contributed by atoms with Crippen molar-refractivity contribution in [2.24, 2.45) is 10.7 Å². The topological polar surface area (TPSA) is 88.9 Å². The Morgan fingerprint density at radius 1 is 1.23 bits per heavy atom. The quantitative estimate of drug-likeness (QED) is 0.631. The summed E-state index contributed by atoms with van der Waals surface area (Å²) in [5.74, 6) is 3.75. The van der Waals surface area contributed by atoms with Gasteiger partial charge in [0, 0.05) is 53.0 Å². The fraction of sp³-hybridized carbons (Fsp3) is 0.364. The van der Waals surface area contributed by atoms with E-state index in [1.165, 1.54) is 6.07 Å². The number of nitrogens with two attached hydrogens (primary N) is 1. The van der Waals surface area contributed by atoms with Gasteiger partial charge in [-0.1, -0.05) is 6.07 Å². The van der Waals surface area contributed by atoms with Crippen LogP contribution in [0.4, 0.5) is 4.39 Å². The first kappa shape index (κ1) is 21.5. The van der Waals surface area contributed by atoms with E-state index < -0.39 is 25.8 Å². The number of halogens is 1. The van der Waals surface area contributed by atoms with Gasteiger partial charge in [-0.15, -0.1) is 0 Å². The molecular formula is C22H27FN6OS. The number of fused-ring (bicyclic) bond motifs is 1. The van der Waals surface area contributed by atoms with Crippen molar-refractivity contribution in [3.8, 4) is 0 Å². The third-order valence-corrected chi connectivity index (χ3v) is 9.12. The van der Waals surface area contributed by atoms with Gasteiger partial charge in [0.15, 0.2) is 5.65 Å². The maximum Gasteiger partial charge on any atom is 0.158 e. The Hall–Kier alpha value is -2.78. The van der Waals surface area contributed by atoms with E-state index in [4.69, 9.17) is 5.73 Å². The van der Waals surface area contributed by atoms with Gasteiger partial charge in [0.05, 0.1) is 5.69 Å². The van der Waals surface area contributed by atoms with Crippen molar-refractivity contribution >= 4 is 27.1 Å². The molecule has 1 aromatic carbocycles. The Morgan fingerprint density at radius 3 is 2.61 bits per heavy atom. The molecule has 1 aliphatic heterocycles. The maximum atomic E-state index is 15.1. The summed E-state index contributed by atoms with van der Waals surface area (Å²) in [5, 5.41) is 0. The summed E-state index contributed by atoms with van der Waals surface area (Å²) >= 11 is 0. The van der Waals surface area contributed by atoms with Crippen LogP contribution >= 0.6 is 0 Å². The van der Waals surface area contributed by atoms with Crippen molar-refractivity contribution in [2.45, 2.75) is 37.5 Å². The summed E-state index contributed by atoms with van der Waals surface area (Å²) in [6.07, 6.45) is 7.61. The third-order valence-electron chi connectivity index (χ3n) is 6.18. The molecule has 9 heteroatoms. The fourth-order valence-electron chi connectivity index (χ4n) is 3.99. The molecule has 1 aliphatic rings. The predicted molar refractivity (Wildman–Crippen MR) is 123 cm³/mol. The largest absolute Gasteiger partial charge is 0.386 e. The molecule has 2 atom stereocenters. The lowest BCUT2D eigenvalue weighted by molar-refractivity contribution is 0.367. The van der Waals surface area contributed by atoms with Crippen LogP contribution in [0.1, 0.15) is 37.6 Å². The number of imidazole rings is 1. The number of amidine groups is 1. The summed E-state index contributed by atoms with van der Waals surface area (Å²) in [5.41, 5.74) is 8.07. The second-order valence-electron chi connectivity index (χ2n) is 8.73. The molecule has 0 amide bonds. The molecule has 1 unspecified atom stereocenters. The molecule has 0 bridgehead atoms. The minimum absolute atomic E-state index is 0.202. The minimum Gasteiger partial charge on any atom is -0.386 e. The van der Waals surface area contributed by atoms with E-state index >= 15 is 4.39 Å². The molecule has 0 saturated carbocycles. The fourth-order valence-corrected chi connectivity index (χ4v) is 5.61. The molecular weight excluding hydrogens is 415 g/mol. The zero-order chi connectivity index (χ0) is 22.6. The van der Waals surface area contributed by atoms with Crippen molar-refractivity contribution in [3.63, 3.8) is 0 Å². The van der Waals surface area contributed by atoms with Crippen LogP contribution in [0.5, 0.6) is 0 Å². The van der Waals surface area contributed by atoms with Gasteiger partial charge < -0.3 is 10.1 Å². The zero-order valence-corrected chi connectivity index (χ0v) is 19.0. The molecule has 0 saturated heterocycles. The second-order valence-corrected chi connectivity index (χ2v) is 11.7. The molecule has 2 aromatic heterocycles. The van der Waals surface area contributed by atoms with Crippen LogP contribution in [-0.2, 0) is 21.7 Å². The van der Waals surface area contributed by atoms with E-state index in [0.29, 0.717) is 12.0 Å². The van der Waals surface area contributed by atoms with Gasteiger partial charge in [-0.3, -0.25) is 14.2 Å². The Kier molecular flexibility index (Phi) is 4.94. The SMILES string of the molecule is C=S1(=O)N(C)C[C@@](C)(c2cc(Cc3nccn4ccnc34)ccc2F)N=C(N)C1(C)C. The van der Waals surface area contributed by atoms with E-state index in [0.717, 1.165) is 16.9 Å². The van der Waals surface area contributed by atoms with Crippen molar-refractivity contribution in [2.75, 3.05) is 13.6 Å². The molecule has 4 rings (SSSR count). The molecule has 0 spiro atoms. The molecule has 0 radical (unpaired) electrons. The number of likely N-dealkylation sites (N-methyl/N-ethyl adjacent to an activating group) is 1. The number of aromatic nitrogens is 3. The average Bonchev–Trinajstić information content (AvgIpc) is 3.17. The first-order chi connectivity index (χ1) is 14.5. The molecule has 0 aliphatic carbocycles. The van der Waals surface area contributed by atoms with Crippen LogP contribution < -0.4 is 5.73 Å². The molecule has 3 heterocycles. The second kappa shape index (κ2) is 7.13. The van der Waals surface area contributed by atoms with E-state index in [2.05, 4.69) is 20.8 Å². The lowest BCUT2D eigenvalue weighted by Gasteiger charge is -2.33. The highest BCUT2D eigenvalue weighted by atomic mass is 32.2. The van der Waals surface area contributed by atoms with Crippen LogP contribution in [-0.4, -0.2) is 52.9 Å². The summed E-state index contributed by atoms with van der Waals surface area (Å²) < 4.78 is 31.0. The van der Waals surface area contributed by atoms with Crippen LogP contribution in [0, 0.1) is 5.82 Å². The van der Waals surface area contributed by atoms with Gasteiger partial charge in [-0.25, -0.2) is 13.7 Å². The third kappa shape index (κ3) is 3.41. The van der Waals surface area contributed by atoms with Crippen LogP contribution in [0.3, 0.4) is 0 Å². The van der Waals surface area contributed by atoms with Gasteiger partial charge in [0.1, 0.15) is 21.9 Å². The molecule has 0 fully saturated rings. The summed E-state index contributed by atoms with van der Waals surface area (Å²) in [6.45, 7) is 5.54. The van der Waals surface area contributed by atoms with Gasteiger partial charge in [0.2, 0.25) is 0 Å². The Bertz CT molecular complexity index is 1300. The van der Waals surface area contributed by atoms with Gasteiger partial charge >= 0.3 is 0 Å². The van der Waals surface area contributed by atoms with E-state index in [9.17, 15) is 4.21 Å². The Labute approximate surface area is 182 Å². The minimum atomic E-state index is -2.76. The Morgan fingerprint density at radius 2 is 1.90 bits per heavy atom. The highest BCUT2D eigenvalue weighted by molar-refractivity contribution is 8.00. The van der Waals surface area contributed by atoms with Gasteiger partial charge in [-0.2, -0.15) is 0 Å². The highest BCUT2D eigenvalue weighted by Gasteiger charge is 2.44. The Balaban J connectivity index is 1.79. The highest BCUT2D eigenvalue weighted by Crippen LogP contribution is 2.36. The average molecular weight is 443 g/mol. The maximum absolute atomic E-state index is 15.1. The first-order valence-electron chi connectivity index (χ1n) is 9.95. The summed E-state index contributed by atoms with van der Waals surface area (Å²) in [7, 11) is -1.04. The summed E-state index contributed by atoms with van der Waals surface area (Å²) in [4.78, 5) is 13.5. The molecule has 164 valence electrons. The number of nitrogens with zero attached hydrogens (tertiary/aromatic N) is 5. The molecule has 3 aromatic rings. The van der Waals surface area contributed by atoms with E-state index in [-0.39, 0.29) is 12.4 Å². The van der Waals surface area contributed by atoms with Crippen molar-refractivity contribution in [3.05, 3.63) is 65.6 Å². The smallest absolute Gasteiger partial charge is 0.158 e. The number of rotatable bonds is 3. The van der Waals surface area contributed by atoms with Crippen molar-refractivity contribution in [1.29, 1.82) is 0 Å². The van der Waals surface area contributed by atoms with E-state index in [1.807, 2.05) is 23.7 Å². The normalized spacial score (nSPS) is 26.5. The van der Waals surface area contributed by atoms with Crippen LogP contribution in [0.2, 0.25) is 0 Å². The lowest BCUT2D eigenvalue weighted by atomic mass is 9.89. The van der Waals surface area contributed by atoms with E-state index in [1.54, 1.807) is 49.7 Å². The van der Waals surface area contributed by atoms with Crippen molar-refractivity contribution < 1.29 is 8.60 Å². The number of hydrogen-bond acceptors (Lipinski definition) is 5. The molecule has 31 heavy (non-hydrogen) atoms. The monoisotopic (exact) mass is 442 g/mol. The number of benzene rings is 1. The van der Waals surface area contributed by atoms with Gasteiger partial charge in [0.25, 0.3) is 0 Å². The predicted octanol–water partition coefficient (Wildman–Crippen LogP) is 2.39. The lowest BCUT2D eigenvalue weighted by Crippen LogP contribution is -2.50. The van der Waals surface area contributed by atoms with Crippen LogP contribution in [0.25, 0.3) is 5.65 Å². The summed E-state index contributed by atoms with van der Waals surface area (Å²) in [6, 6.07) is 4.96. The number of hydrogen-bond donors (Lipinski definition) is 1. The molecule has 7 nitrogen and oxygen atoms in total. The van der Waals surface area contributed by atoms with Crippen LogP contribution in [0.15, 0.2) is 48.0 Å². The van der Waals surface area contributed by atoms with Crippen molar-refractivity contribution in [1.82, 2.24) is 18.7 Å². The van der Waals surface area contributed by atoms with Gasteiger partial charge in [-0.05, 0) is 51.4 Å². The zero-order valence-electron chi connectivity index (χ0n) is 18.2. The number of aliphatic imine (C=N–C) groups is 1. The molecule has 2 N–H and O–H groups in total. The standard InChI is InChI=1S/C22H27FN6OS/c1-21(2)20(24)27-22(3,14-28(4)31(21,5)30)16-12-15(6-7-17(16)23)13-18-19-26-9-11-29(19)10-8-25-18/h6-12H,5,13-14H2,1-4H3,(H2,24,27)/t22-,31?/m0/s1. The first-order valence-corrected chi connectivity index (χ1v) is 11.6.